The molecular weight excluding hydrogens is 906 g/mol. The summed E-state index contributed by atoms with van der Waals surface area (Å²) in [5.74, 6) is -3.15. The van der Waals surface area contributed by atoms with Crippen molar-refractivity contribution in [2.24, 2.45) is 17.2 Å². The lowest BCUT2D eigenvalue weighted by Gasteiger charge is -2.40. The molecule has 4 atom stereocenters. The highest BCUT2D eigenvalue weighted by Crippen LogP contribution is 3.02. The molecule has 0 aliphatic carbocycles. The number of nitrogens with one attached hydrogen (secondary N) is 4. The lowest BCUT2D eigenvalue weighted by atomic mass is 9.93. The highest BCUT2D eigenvalue weighted by atomic mass is 32.5. The Morgan fingerprint density at radius 3 is 2.03 bits per heavy atom. The van der Waals surface area contributed by atoms with Gasteiger partial charge in [-0.1, -0.05) is 55.8 Å². The number of likely N-dealkylation sites (N-methyl/N-ethyl adjacent to an activating group) is 1. The van der Waals surface area contributed by atoms with Crippen LogP contribution in [0.3, 0.4) is 0 Å². The summed E-state index contributed by atoms with van der Waals surface area (Å²) in [5.41, 5.74) is 20.0. The van der Waals surface area contributed by atoms with Crippen LogP contribution in [0.1, 0.15) is 46.4 Å². The first-order valence-corrected chi connectivity index (χ1v) is 22.9. The van der Waals surface area contributed by atoms with Gasteiger partial charge in [0, 0.05) is 43.2 Å². The number of benzene rings is 4. The van der Waals surface area contributed by atoms with Gasteiger partial charge in [0.1, 0.15) is 60.3 Å². The molecule has 0 fully saturated rings. The number of aryl methyl sites for hydroxylation is 1. The van der Waals surface area contributed by atoms with Gasteiger partial charge >= 0.3 is 10.2 Å². The monoisotopic (exact) mass is 957 g/mol. The Labute approximate surface area is 383 Å². The third-order valence-electron chi connectivity index (χ3n) is 10.7. The minimum Gasteiger partial charge on any atom is -0.492 e. The van der Waals surface area contributed by atoms with E-state index in [1.165, 1.54) is 39.1 Å². The quantitative estimate of drug-likeness (QED) is 0.0608. The first kappa shape index (κ1) is 51.2. The van der Waals surface area contributed by atoms with E-state index >= 15 is 0 Å². The number of nitrogens with two attached hydrogens (primary N) is 3. The van der Waals surface area contributed by atoms with Crippen molar-refractivity contribution in [3.8, 4) is 39.8 Å². The molecule has 10 N–H and O–H groups in total. The van der Waals surface area contributed by atoms with Crippen molar-refractivity contribution < 1.29 is 52.9 Å². The summed E-state index contributed by atoms with van der Waals surface area (Å²) in [5, 5.41) is 19.6. The third-order valence-corrected chi connectivity index (χ3v) is 11.9. The first-order chi connectivity index (χ1) is 31.5. The molecule has 5 amide bonds. The molecule has 16 nitrogen and oxygen atoms in total. The molecule has 4 aromatic rings. The minimum absolute atomic E-state index is 0.0476. The molecule has 4 bridgehead atoms. The van der Waals surface area contributed by atoms with Crippen LogP contribution in [0.25, 0.3) is 22.3 Å². The fourth-order valence-corrected chi connectivity index (χ4v) is 8.02. The zero-order valence-electron chi connectivity index (χ0n) is 36.8. The topological polar surface area (TPSA) is 257 Å². The van der Waals surface area contributed by atoms with E-state index < -0.39 is 68.8 Å². The van der Waals surface area contributed by atoms with Crippen molar-refractivity contribution >= 4 is 39.8 Å². The second-order valence-corrected chi connectivity index (χ2v) is 18.1. The van der Waals surface area contributed by atoms with Crippen LogP contribution in [-0.4, -0.2) is 99.0 Å². The number of carbonyl (C=O) groups is 5. The van der Waals surface area contributed by atoms with E-state index in [0.29, 0.717) is 51.4 Å². The Morgan fingerprint density at radius 2 is 1.45 bits per heavy atom. The number of rotatable bonds is 16. The third kappa shape index (κ3) is 12.8. The van der Waals surface area contributed by atoms with Crippen LogP contribution in [0.2, 0.25) is 0 Å². The molecule has 360 valence electrons. The molecule has 0 aromatic heterocycles. The zero-order valence-corrected chi connectivity index (χ0v) is 37.6. The second kappa shape index (κ2) is 20.4. The average Bonchev–Trinajstić information content (AvgIpc) is 3.28. The van der Waals surface area contributed by atoms with Crippen molar-refractivity contribution in [3.05, 3.63) is 101 Å². The van der Waals surface area contributed by atoms with E-state index in [1.807, 2.05) is 6.07 Å². The lowest BCUT2D eigenvalue weighted by Crippen LogP contribution is -2.56. The summed E-state index contributed by atoms with van der Waals surface area (Å²) in [6, 6.07) is 12.9. The molecule has 1 aliphatic rings. The number of nitriles is 1. The van der Waals surface area contributed by atoms with Crippen LogP contribution in [0.5, 0.6) is 11.5 Å². The smallest absolute Gasteiger partial charge is 0.310 e. The molecule has 0 spiro atoms. The molecule has 0 unspecified atom stereocenters. The van der Waals surface area contributed by atoms with Gasteiger partial charge in [-0.3, -0.25) is 24.0 Å². The number of fused-ring (bicyclic) bond motifs is 5. The summed E-state index contributed by atoms with van der Waals surface area (Å²) in [4.78, 5) is 68.9. The molecular formula is C45H52F5N9O7S. The SMILES string of the molecule is Cc1cc(-c2ccc(S(F)(F)(F)(F)F)cc2)ccc1C(=O)N[C@@H](CCN)C(=O)N(C)[C@@H]1C(=O)N[C@@H](C)C(=O)N[C@H](C(=O)NCC#N)Cc2ccc(OCCN)c(c2)-c2cc1ccc2OCCN. The molecule has 22 heteroatoms. The van der Waals surface area contributed by atoms with Crippen LogP contribution >= 0.6 is 10.2 Å². The molecule has 0 saturated carbocycles. The number of hydrogen-bond acceptors (Lipinski definition) is 11. The van der Waals surface area contributed by atoms with Crippen molar-refractivity contribution in [1.29, 1.82) is 5.26 Å². The van der Waals surface area contributed by atoms with Gasteiger partial charge in [-0.2, -0.15) is 5.26 Å². The van der Waals surface area contributed by atoms with E-state index in [0.717, 1.165) is 17.0 Å². The van der Waals surface area contributed by atoms with Gasteiger partial charge in [-0.15, -0.1) is 0 Å². The molecule has 0 saturated heterocycles. The normalized spacial score (nSPS) is 17.7. The number of halogens is 5. The molecule has 67 heavy (non-hydrogen) atoms. The molecule has 1 heterocycles. The number of ether oxygens (including phenoxy) is 2. The number of hydrogen-bond donors (Lipinski definition) is 7. The second-order valence-electron chi connectivity index (χ2n) is 15.7. The van der Waals surface area contributed by atoms with Crippen LogP contribution in [0.15, 0.2) is 83.8 Å². The van der Waals surface area contributed by atoms with E-state index in [-0.39, 0.29) is 68.9 Å². The summed E-state index contributed by atoms with van der Waals surface area (Å²) in [6.07, 6.45) is -0.160. The summed E-state index contributed by atoms with van der Waals surface area (Å²) in [6.45, 7) is 2.93. The molecule has 0 radical (unpaired) electrons. The van der Waals surface area contributed by atoms with Crippen LogP contribution in [0.4, 0.5) is 19.4 Å². The highest BCUT2D eigenvalue weighted by molar-refractivity contribution is 8.45. The van der Waals surface area contributed by atoms with Gasteiger partial charge in [0.15, 0.2) is 0 Å². The standard InChI is InChI=1S/C45H52F5N9O7S/c1-26-22-30(29-5-9-32(10-6-29)67(46,47,48,49)50)7-11-33(26)42(61)57-36(14-15-51)45(64)59(3)40-31-8-13-39(66-21-18-54)35(25-31)34-23-28(4-12-38(34)65-20-17-53)24-37(43(62)55-19-16-52)58-41(60)27(2)56-44(40)63/h4-13,22-23,25,27,36-37,40H,14-15,17-21,24,51,53-54H2,1-3H3,(H,55,62)(H,56,63)(H,57,61)(H,58,60)/t27-,36-,37-,40-/m0/s1. The Bertz CT molecular complexity index is 2560. The molecule has 1 aliphatic heterocycles. The molecule has 4 aromatic carbocycles. The predicted molar refractivity (Wildman–Crippen MR) is 241 cm³/mol. The van der Waals surface area contributed by atoms with Gasteiger partial charge < -0.3 is 52.8 Å². The number of nitrogens with zero attached hydrogens (tertiary/aromatic N) is 2. The van der Waals surface area contributed by atoms with E-state index in [2.05, 4.69) is 21.3 Å². The largest absolute Gasteiger partial charge is 0.492 e. The summed E-state index contributed by atoms with van der Waals surface area (Å²) in [7, 11) is -8.58. The molecule has 5 rings (SSSR count). The number of carbonyl (C=O) groups excluding carboxylic acids is 5. The van der Waals surface area contributed by atoms with Crippen LogP contribution in [0, 0.1) is 18.3 Å². The fraction of sp³-hybridized carbons (Fsp3) is 0.333. The highest BCUT2D eigenvalue weighted by Gasteiger charge is 2.65. The summed E-state index contributed by atoms with van der Waals surface area (Å²) >= 11 is 0. The van der Waals surface area contributed by atoms with Crippen molar-refractivity contribution in [1.82, 2.24) is 26.2 Å². The van der Waals surface area contributed by atoms with Crippen molar-refractivity contribution in [2.75, 3.05) is 46.4 Å². The maximum absolute atomic E-state index is 14.6. The van der Waals surface area contributed by atoms with Gasteiger partial charge in [0.25, 0.3) is 5.91 Å². The van der Waals surface area contributed by atoms with E-state index in [4.69, 9.17) is 31.9 Å². The predicted octanol–water partition coefficient (Wildman–Crippen LogP) is 4.49. The van der Waals surface area contributed by atoms with Crippen molar-refractivity contribution in [3.63, 3.8) is 0 Å². The lowest BCUT2D eigenvalue weighted by molar-refractivity contribution is -0.141. The van der Waals surface area contributed by atoms with E-state index in [1.54, 1.807) is 36.4 Å². The Kier molecular flexibility index (Phi) is 15.6. The average molecular weight is 958 g/mol. The minimum atomic E-state index is -9.90. The fourth-order valence-electron chi connectivity index (χ4n) is 7.37. The maximum atomic E-state index is 14.6. The van der Waals surface area contributed by atoms with Gasteiger partial charge in [0.2, 0.25) is 23.6 Å². The summed E-state index contributed by atoms with van der Waals surface area (Å²) < 4.78 is 78.7. The van der Waals surface area contributed by atoms with Gasteiger partial charge in [-0.25, -0.2) is 0 Å². The van der Waals surface area contributed by atoms with Gasteiger partial charge in [0.05, 0.1) is 6.07 Å². The number of amides is 5. The van der Waals surface area contributed by atoms with Gasteiger partial charge in [-0.05, 0) is 97.1 Å². The first-order valence-electron chi connectivity index (χ1n) is 20.9. The zero-order chi connectivity index (χ0) is 49.3. The van der Waals surface area contributed by atoms with E-state index in [9.17, 15) is 43.4 Å². The maximum Gasteiger partial charge on any atom is 0.310 e. The Hall–Kier alpha value is -6.80. The van der Waals surface area contributed by atoms with Crippen molar-refractivity contribution in [2.45, 2.75) is 55.8 Å². The Morgan fingerprint density at radius 1 is 0.836 bits per heavy atom. The van der Waals surface area contributed by atoms with Crippen LogP contribution < -0.4 is 47.9 Å². The Balaban J connectivity index is 1.55. The van der Waals surface area contributed by atoms with Crippen LogP contribution in [-0.2, 0) is 25.6 Å².